The number of nitrogens with zero attached hydrogens (tertiary/aromatic N) is 2. The van der Waals surface area contributed by atoms with Crippen molar-refractivity contribution in [3.05, 3.63) is 61.8 Å². The molecule has 2 aromatic rings. The Morgan fingerprint density at radius 2 is 2.25 bits per heavy atom. The molecule has 0 bridgehead atoms. The van der Waals surface area contributed by atoms with Gasteiger partial charge in [0.2, 0.25) is 5.91 Å². The Labute approximate surface area is 143 Å². The molecular weight excluding hydrogens is 328 g/mol. The monoisotopic (exact) mass is 346 g/mol. The van der Waals surface area contributed by atoms with E-state index in [0.29, 0.717) is 30.8 Å². The lowest BCUT2D eigenvalue weighted by atomic mass is 10.0. The summed E-state index contributed by atoms with van der Waals surface area (Å²) in [6.45, 7) is 3.26. The lowest BCUT2D eigenvalue weighted by Crippen LogP contribution is -2.42. The van der Waals surface area contributed by atoms with Gasteiger partial charge >= 0.3 is 0 Å². The van der Waals surface area contributed by atoms with Crippen molar-refractivity contribution >= 4 is 22.9 Å². The summed E-state index contributed by atoms with van der Waals surface area (Å²) in [7, 11) is 0. The first kappa shape index (κ1) is 16.6. The lowest BCUT2D eigenvalue weighted by Gasteiger charge is -2.32. The smallest absolute Gasteiger partial charge is 0.272 e. The number of nitro groups is 1. The van der Waals surface area contributed by atoms with Crippen LogP contribution in [0.4, 0.5) is 5.69 Å². The lowest BCUT2D eigenvalue weighted by molar-refractivity contribution is -0.385. The van der Waals surface area contributed by atoms with Gasteiger partial charge in [-0.1, -0.05) is 18.2 Å². The fraction of sp³-hybridized carbons (Fsp3) is 0.353. The Balaban J connectivity index is 1.71. The Morgan fingerprint density at radius 1 is 1.42 bits per heavy atom. The largest absolute Gasteiger partial charge is 0.369 e. The fourth-order valence-corrected chi connectivity index (χ4v) is 3.62. The van der Waals surface area contributed by atoms with Gasteiger partial charge in [-0.25, -0.2) is 0 Å². The third-order valence-corrected chi connectivity index (χ3v) is 5.20. The predicted molar refractivity (Wildman–Crippen MR) is 91.1 cm³/mol. The van der Waals surface area contributed by atoms with E-state index >= 15 is 0 Å². The third kappa shape index (κ3) is 3.47. The second-order valence-corrected chi connectivity index (χ2v) is 6.69. The summed E-state index contributed by atoms with van der Waals surface area (Å²) in [4.78, 5) is 26.1. The standard InChI is InChI=1S/C17H18N2O4S/c1-12-13(4-2-5-14(12)19(21)22)10-17(20)18-7-8-23-15(11-18)16-6-3-9-24-16/h2-6,9,15H,7-8,10-11H2,1H3/t15-/m0/s1. The van der Waals surface area contributed by atoms with Crippen molar-refractivity contribution < 1.29 is 14.5 Å². The molecule has 1 atom stereocenters. The first-order valence-corrected chi connectivity index (χ1v) is 8.60. The minimum absolute atomic E-state index is 0.0246. The first-order chi connectivity index (χ1) is 11.6. The maximum absolute atomic E-state index is 12.6. The Kier molecular flexibility index (Phi) is 4.92. The van der Waals surface area contributed by atoms with Crippen molar-refractivity contribution in [1.29, 1.82) is 0 Å². The summed E-state index contributed by atoms with van der Waals surface area (Å²) in [6, 6.07) is 8.84. The molecule has 1 aromatic heterocycles. The molecule has 1 aliphatic heterocycles. The summed E-state index contributed by atoms with van der Waals surface area (Å²) in [5.41, 5.74) is 1.31. The van der Waals surface area contributed by atoms with Gasteiger partial charge in [-0.05, 0) is 23.9 Å². The van der Waals surface area contributed by atoms with E-state index < -0.39 is 4.92 Å². The van der Waals surface area contributed by atoms with Crippen LogP contribution < -0.4 is 0 Å². The molecular formula is C17H18N2O4S. The number of hydrogen-bond donors (Lipinski definition) is 0. The third-order valence-electron chi connectivity index (χ3n) is 4.24. The van der Waals surface area contributed by atoms with Crippen molar-refractivity contribution in [2.45, 2.75) is 19.4 Å². The summed E-state index contributed by atoms with van der Waals surface area (Å²) >= 11 is 1.62. The van der Waals surface area contributed by atoms with Crippen molar-refractivity contribution in [2.75, 3.05) is 19.7 Å². The topological polar surface area (TPSA) is 72.7 Å². The van der Waals surface area contributed by atoms with Gasteiger partial charge in [0, 0.05) is 23.1 Å². The van der Waals surface area contributed by atoms with E-state index in [0.717, 1.165) is 4.88 Å². The van der Waals surface area contributed by atoms with Gasteiger partial charge in [-0.15, -0.1) is 11.3 Å². The number of amides is 1. The molecule has 0 radical (unpaired) electrons. The summed E-state index contributed by atoms with van der Waals surface area (Å²) < 4.78 is 5.75. The number of carbonyl (C=O) groups excluding carboxylic acids is 1. The minimum atomic E-state index is -0.412. The Bertz CT molecular complexity index is 745. The molecule has 6 nitrogen and oxygen atoms in total. The van der Waals surface area contributed by atoms with Crippen LogP contribution >= 0.6 is 11.3 Å². The predicted octanol–water partition coefficient (Wildman–Crippen LogP) is 3.11. The number of carbonyl (C=O) groups is 1. The van der Waals surface area contributed by atoms with Crippen LogP contribution in [0.1, 0.15) is 22.1 Å². The van der Waals surface area contributed by atoms with Crippen LogP contribution in [0, 0.1) is 17.0 Å². The number of rotatable bonds is 4. The number of ether oxygens (including phenoxy) is 1. The van der Waals surface area contributed by atoms with E-state index in [2.05, 4.69) is 0 Å². The quantitative estimate of drug-likeness (QED) is 0.630. The zero-order valence-electron chi connectivity index (χ0n) is 13.3. The molecule has 7 heteroatoms. The second kappa shape index (κ2) is 7.11. The first-order valence-electron chi connectivity index (χ1n) is 7.72. The molecule has 24 heavy (non-hydrogen) atoms. The molecule has 2 heterocycles. The van der Waals surface area contributed by atoms with Crippen LogP contribution in [0.15, 0.2) is 35.7 Å². The van der Waals surface area contributed by atoms with Crippen molar-refractivity contribution in [3.8, 4) is 0 Å². The number of benzene rings is 1. The number of nitro benzene ring substituents is 1. The molecule has 1 amide bonds. The van der Waals surface area contributed by atoms with E-state index in [4.69, 9.17) is 4.74 Å². The Hall–Kier alpha value is -2.25. The molecule has 0 aliphatic carbocycles. The van der Waals surface area contributed by atoms with Crippen molar-refractivity contribution in [1.82, 2.24) is 4.90 Å². The molecule has 1 aromatic carbocycles. The SMILES string of the molecule is Cc1c(CC(=O)N2CCO[C@H](c3cccs3)C2)cccc1[N+](=O)[O-]. The van der Waals surface area contributed by atoms with E-state index in [1.165, 1.54) is 6.07 Å². The van der Waals surface area contributed by atoms with Gasteiger partial charge in [-0.3, -0.25) is 14.9 Å². The summed E-state index contributed by atoms with van der Waals surface area (Å²) in [6.07, 6.45) is 0.0823. The van der Waals surface area contributed by atoms with Gasteiger partial charge < -0.3 is 9.64 Å². The number of morpholine rings is 1. The molecule has 0 unspecified atom stereocenters. The molecule has 0 saturated carbocycles. The van der Waals surface area contributed by atoms with Crippen molar-refractivity contribution in [3.63, 3.8) is 0 Å². The number of thiophene rings is 1. The fourth-order valence-electron chi connectivity index (χ4n) is 2.86. The summed E-state index contributed by atoms with van der Waals surface area (Å²) in [5, 5.41) is 13.0. The minimum Gasteiger partial charge on any atom is -0.369 e. The maximum Gasteiger partial charge on any atom is 0.272 e. The van der Waals surface area contributed by atoms with Crippen LogP contribution in [-0.4, -0.2) is 35.4 Å². The van der Waals surface area contributed by atoms with Crippen LogP contribution in [0.3, 0.4) is 0 Å². The molecule has 3 rings (SSSR count). The van der Waals surface area contributed by atoms with E-state index in [-0.39, 0.29) is 24.1 Å². The summed E-state index contributed by atoms with van der Waals surface area (Å²) in [5.74, 6) is -0.0246. The molecule has 126 valence electrons. The molecule has 0 N–H and O–H groups in total. The molecule has 1 aliphatic rings. The number of hydrogen-bond acceptors (Lipinski definition) is 5. The van der Waals surface area contributed by atoms with Crippen LogP contribution in [0.2, 0.25) is 0 Å². The highest BCUT2D eigenvalue weighted by molar-refractivity contribution is 7.10. The zero-order valence-corrected chi connectivity index (χ0v) is 14.1. The van der Waals surface area contributed by atoms with Crippen LogP contribution in [0.5, 0.6) is 0 Å². The average Bonchev–Trinajstić information content (AvgIpc) is 3.11. The van der Waals surface area contributed by atoms with Crippen LogP contribution in [-0.2, 0) is 16.0 Å². The van der Waals surface area contributed by atoms with Gasteiger partial charge in [0.1, 0.15) is 6.10 Å². The molecule has 1 saturated heterocycles. The highest BCUT2D eigenvalue weighted by Crippen LogP contribution is 2.27. The second-order valence-electron chi connectivity index (χ2n) is 5.71. The van der Waals surface area contributed by atoms with E-state index in [1.54, 1.807) is 35.3 Å². The molecule has 1 fully saturated rings. The Morgan fingerprint density at radius 3 is 2.96 bits per heavy atom. The van der Waals surface area contributed by atoms with Gasteiger partial charge in [-0.2, -0.15) is 0 Å². The van der Waals surface area contributed by atoms with E-state index in [9.17, 15) is 14.9 Å². The van der Waals surface area contributed by atoms with Gasteiger partial charge in [0.25, 0.3) is 5.69 Å². The highest BCUT2D eigenvalue weighted by Gasteiger charge is 2.26. The van der Waals surface area contributed by atoms with Crippen molar-refractivity contribution in [2.24, 2.45) is 0 Å². The van der Waals surface area contributed by atoms with Crippen LogP contribution in [0.25, 0.3) is 0 Å². The van der Waals surface area contributed by atoms with Gasteiger partial charge in [0.15, 0.2) is 0 Å². The maximum atomic E-state index is 12.6. The normalized spacial score (nSPS) is 17.7. The van der Waals surface area contributed by atoms with E-state index in [1.807, 2.05) is 17.5 Å². The highest BCUT2D eigenvalue weighted by atomic mass is 32.1. The zero-order chi connectivity index (χ0) is 17.1. The van der Waals surface area contributed by atoms with Gasteiger partial charge in [0.05, 0.1) is 24.5 Å². The molecule has 0 spiro atoms. The average molecular weight is 346 g/mol.